The van der Waals surface area contributed by atoms with Gasteiger partial charge in [0.2, 0.25) is 0 Å². The fraction of sp³-hybridized carbons (Fsp3) is 0.562. The molecule has 197 valence electrons. The molecule has 1 aromatic rings. The molecule has 0 spiro atoms. The summed E-state index contributed by atoms with van der Waals surface area (Å²) in [6.07, 6.45) is -15.0. The second-order valence-corrected chi connectivity index (χ2v) is 6.50. The lowest BCUT2D eigenvalue weighted by Gasteiger charge is -2.37. The maximum atomic E-state index is 14.2. The van der Waals surface area contributed by atoms with Gasteiger partial charge in [-0.1, -0.05) is 25.1 Å². The maximum absolute atomic E-state index is 14.2. The quantitative estimate of drug-likeness (QED) is 0.306. The molecule has 0 aromatic heterocycles. The number of rotatable bonds is 7. The molecule has 0 fully saturated rings. The van der Waals surface area contributed by atoms with Gasteiger partial charge in [0, 0.05) is 11.1 Å². The average Bonchev–Trinajstić information content (AvgIpc) is 2.64. The summed E-state index contributed by atoms with van der Waals surface area (Å²) in [4.78, 5) is 0. The lowest BCUT2D eigenvalue weighted by molar-refractivity contribution is -0.400. The smallest absolute Gasteiger partial charge is 0.194 e. The van der Waals surface area contributed by atoms with E-state index < -0.39 is 76.7 Å². The Balaban J connectivity index is 3.93. The molecule has 0 saturated heterocycles. The van der Waals surface area contributed by atoms with Crippen molar-refractivity contribution in [2.75, 3.05) is 0 Å². The van der Waals surface area contributed by atoms with Crippen LogP contribution >= 0.6 is 0 Å². The van der Waals surface area contributed by atoms with Crippen LogP contribution in [0.3, 0.4) is 0 Å². The minimum atomic E-state index is -7.56. The van der Waals surface area contributed by atoms with Crippen LogP contribution in [0.1, 0.15) is 23.6 Å². The predicted molar refractivity (Wildman–Crippen MR) is 75.2 cm³/mol. The van der Waals surface area contributed by atoms with Crippen LogP contribution in [0.4, 0.5) is 79.0 Å². The minimum Gasteiger partial charge on any atom is -0.194 e. The van der Waals surface area contributed by atoms with Gasteiger partial charge in [-0.15, -0.1) is 0 Å². The molecule has 1 rings (SSSR count). The maximum Gasteiger partial charge on any atom is 0.460 e. The Hall–Kier alpha value is -2.04. The molecule has 34 heavy (non-hydrogen) atoms. The van der Waals surface area contributed by atoms with Crippen LogP contribution in [-0.2, 0) is 11.8 Å². The van der Waals surface area contributed by atoms with Crippen LogP contribution in [0.5, 0.6) is 0 Å². The zero-order chi connectivity index (χ0) is 27.6. The van der Waals surface area contributed by atoms with Crippen molar-refractivity contribution in [1.82, 2.24) is 0 Å². The minimum absolute atomic E-state index is 0.259. The van der Waals surface area contributed by atoms with Crippen molar-refractivity contribution in [3.63, 3.8) is 0 Å². The van der Waals surface area contributed by atoms with Gasteiger partial charge in [-0.2, -0.15) is 79.0 Å². The number of hydrogen-bond donors (Lipinski definition) is 0. The van der Waals surface area contributed by atoms with Gasteiger partial charge in [-0.3, -0.25) is 0 Å². The third kappa shape index (κ3) is 3.93. The Kier molecular flexibility index (Phi) is 7.05. The van der Waals surface area contributed by atoms with Gasteiger partial charge < -0.3 is 0 Å². The Bertz CT molecular complexity index is 820. The summed E-state index contributed by atoms with van der Waals surface area (Å²) in [6, 6.07) is -1.40. The Morgan fingerprint density at radius 1 is 0.471 bits per heavy atom. The molecule has 1 aromatic carbocycles. The standard InChI is InChI=1S/C16H7F18/c1-2-6-7(9(17,18)11(21,22)13(25,26)15(29,30)31)4-3-5-8(6)10(19,20)12(23,24)14(27,28)16(32,33)34/h2-5H,1H3. The second kappa shape index (κ2) is 7.99. The molecule has 0 unspecified atom stereocenters. The first-order chi connectivity index (χ1) is 14.7. The molecule has 0 saturated carbocycles. The summed E-state index contributed by atoms with van der Waals surface area (Å²) in [5.41, 5.74) is -8.27. The van der Waals surface area contributed by atoms with E-state index in [1.165, 1.54) is 0 Å². The molecule has 0 N–H and O–H groups in total. The fourth-order valence-corrected chi connectivity index (χ4v) is 2.51. The molecular weight excluding hydrogens is 534 g/mol. The van der Waals surface area contributed by atoms with E-state index in [-0.39, 0.29) is 19.4 Å². The van der Waals surface area contributed by atoms with Crippen molar-refractivity contribution < 1.29 is 79.0 Å². The van der Waals surface area contributed by atoms with E-state index in [0.29, 0.717) is 0 Å². The van der Waals surface area contributed by atoms with E-state index in [1.54, 1.807) is 0 Å². The predicted octanol–water partition coefficient (Wildman–Crippen LogP) is 8.11. The Labute approximate surface area is 176 Å². The van der Waals surface area contributed by atoms with Gasteiger partial charge in [0.25, 0.3) is 0 Å². The van der Waals surface area contributed by atoms with E-state index in [9.17, 15) is 79.0 Å². The molecule has 0 bridgehead atoms. The van der Waals surface area contributed by atoms with E-state index in [2.05, 4.69) is 0 Å². The third-order valence-electron chi connectivity index (χ3n) is 4.36. The third-order valence-corrected chi connectivity index (χ3v) is 4.36. The molecule has 0 aliphatic rings. The van der Waals surface area contributed by atoms with Gasteiger partial charge in [-0.05, 0) is 12.0 Å². The highest BCUT2D eigenvalue weighted by Crippen LogP contribution is 2.60. The molecule has 0 nitrogen and oxygen atoms in total. The molecular formula is C16H7F18. The second-order valence-electron chi connectivity index (χ2n) is 6.50. The topological polar surface area (TPSA) is 0 Å². The van der Waals surface area contributed by atoms with Crippen LogP contribution < -0.4 is 0 Å². The Morgan fingerprint density at radius 3 is 0.941 bits per heavy atom. The summed E-state index contributed by atoms with van der Waals surface area (Å²) in [5.74, 6) is -43.7. The number of hydrogen-bond acceptors (Lipinski definition) is 0. The van der Waals surface area contributed by atoms with E-state index in [4.69, 9.17) is 0 Å². The molecule has 18 heteroatoms. The molecule has 0 heterocycles. The molecule has 0 aliphatic heterocycles. The van der Waals surface area contributed by atoms with Crippen LogP contribution in [0.15, 0.2) is 18.2 Å². The molecule has 0 aliphatic carbocycles. The van der Waals surface area contributed by atoms with Crippen molar-refractivity contribution in [1.29, 1.82) is 0 Å². The summed E-state index contributed by atoms with van der Waals surface area (Å²) >= 11 is 0. The molecule has 1 radical (unpaired) electrons. The van der Waals surface area contributed by atoms with Crippen LogP contribution in [0.2, 0.25) is 0 Å². The van der Waals surface area contributed by atoms with E-state index >= 15 is 0 Å². The zero-order valence-electron chi connectivity index (χ0n) is 15.6. The van der Waals surface area contributed by atoms with E-state index in [1.807, 2.05) is 0 Å². The van der Waals surface area contributed by atoms with Crippen molar-refractivity contribution in [3.8, 4) is 0 Å². The molecule has 0 amide bonds. The number of alkyl halides is 18. The van der Waals surface area contributed by atoms with Crippen LogP contribution in [0.25, 0.3) is 0 Å². The lowest BCUT2D eigenvalue weighted by atomic mass is 9.85. The first kappa shape index (κ1) is 30.0. The summed E-state index contributed by atoms with van der Waals surface area (Å²) in [7, 11) is 0. The van der Waals surface area contributed by atoms with Crippen LogP contribution in [0, 0.1) is 6.42 Å². The van der Waals surface area contributed by atoms with Crippen molar-refractivity contribution in [2.24, 2.45) is 0 Å². The van der Waals surface area contributed by atoms with E-state index in [0.717, 1.165) is 0 Å². The van der Waals surface area contributed by atoms with Crippen LogP contribution in [-0.4, -0.2) is 36.0 Å². The average molecular weight is 541 g/mol. The Morgan fingerprint density at radius 2 is 0.735 bits per heavy atom. The largest absolute Gasteiger partial charge is 0.460 e. The van der Waals surface area contributed by atoms with Gasteiger partial charge in [0.15, 0.2) is 0 Å². The van der Waals surface area contributed by atoms with Crippen molar-refractivity contribution in [3.05, 3.63) is 41.3 Å². The lowest BCUT2D eigenvalue weighted by Crippen LogP contribution is -2.60. The zero-order valence-corrected chi connectivity index (χ0v) is 15.6. The van der Waals surface area contributed by atoms with Gasteiger partial charge >= 0.3 is 47.9 Å². The molecule has 0 atom stereocenters. The first-order valence-electron chi connectivity index (χ1n) is 8.01. The normalized spacial score (nSPS) is 15.6. The number of halogens is 18. The highest BCUT2D eigenvalue weighted by molar-refractivity contribution is 5.47. The highest BCUT2D eigenvalue weighted by Gasteiger charge is 2.84. The van der Waals surface area contributed by atoms with Gasteiger partial charge in [0.05, 0.1) is 0 Å². The summed E-state index contributed by atoms with van der Waals surface area (Å²) in [6.45, 7) is 0.259. The monoisotopic (exact) mass is 541 g/mol. The van der Waals surface area contributed by atoms with Gasteiger partial charge in [0.1, 0.15) is 0 Å². The fourth-order valence-electron chi connectivity index (χ4n) is 2.51. The SMILES string of the molecule is C[CH]c1c(C(F)(F)C(F)(F)C(F)(F)C(F)(F)F)cccc1C(F)(F)C(F)(F)C(F)(F)C(F)(F)F. The summed E-state index contributed by atoms with van der Waals surface area (Å²) in [5, 5.41) is 0. The summed E-state index contributed by atoms with van der Waals surface area (Å²) < 4.78 is 237. The first-order valence-corrected chi connectivity index (χ1v) is 8.01. The highest BCUT2D eigenvalue weighted by atomic mass is 19.4. The van der Waals surface area contributed by atoms with Crippen molar-refractivity contribution >= 4 is 0 Å². The van der Waals surface area contributed by atoms with Crippen molar-refractivity contribution in [2.45, 2.75) is 54.8 Å². The number of benzene rings is 1. The van der Waals surface area contributed by atoms with Gasteiger partial charge in [-0.25, -0.2) is 0 Å².